The highest BCUT2D eigenvalue weighted by Crippen LogP contribution is 2.18. The Hall–Kier alpha value is -0.0400. The molecule has 0 aliphatic carbocycles. The number of hydrogen-bond acceptors (Lipinski definition) is 2. The molecule has 168 valence electrons. The van der Waals surface area contributed by atoms with Crippen LogP contribution in [0.3, 0.4) is 0 Å². The molecule has 0 fully saturated rings. The van der Waals surface area contributed by atoms with Gasteiger partial charge in [-0.05, 0) is 13.3 Å². The average Bonchev–Trinajstić information content (AvgIpc) is 2.69. The van der Waals surface area contributed by atoms with Gasteiger partial charge in [0, 0.05) is 13.1 Å². The largest absolute Gasteiger partial charge is 0.395 e. The van der Waals surface area contributed by atoms with Crippen LogP contribution in [-0.4, -0.2) is 39.8 Å². The van der Waals surface area contributed by atoms with Crippen molar-refractivity contribution in [3.05, 3.63) is 0 Å². The summed E-state index contributed by atoms with van der Waals surface area (Å²) in [5.74, 6) is 0. The van der Waals surface area contributed by atoms with Gasteiger partial charge in [0.1, 0.15) is 0 Å². The molecule has 0 spiro atoms. The Kier molecular flexibility index (Phi) is 21.6. The minimum absolute atomic E-state index is 0.00570. The lowest BCUT2D eigenvalue weighted by molar-refractivity contribution is 0.192. The standard InChI is InChI=1S/C23H47IN2O2/c1-3-5-6-7-8-9-10-11-12-13-14-15-16-17-18-19-22(24)26(4-2)23(28)25-20-21-27/h22,27H,3-21H2,1-2H3,(H,25,28). The van der Waals surface area contributed by atoms with Gasteiger partial charge in [0.25, 0.3) is 0 Å². The van der Waals surface area contributed by atoms with Crippen molar-refractivity contribution in [2.75, 3.05) is 19.7 Å². The number of carbonyl (C=O) groups is 1. The fourth-order valence-electron chi connectivity index (χ4n) is 3.57. The summed E-state index contributed by atoms with van der Waals surface area (Å²) in [6.45, 7) is 5.33. The Morgan fingerprint density at radius 3 is 1.64 bits per heavy atom. The van der Waals surface area contributed by atoms with Crippen LogP contribution in [0.4, 0.5) is 4.79 Å². The van der Waals surface area contributed by atoms with Crippen molar-refractivity contribution in [2.45, 2.75) is 121 Å². The number of aliphatic hydroxyl groups is 1. The van der Waals surface area contributed by atoms with Gasteiger partial charge in [0.2, 0.25) is 0 Å². The third kappa shape index (κ3) is 16.9. The number of nitrogens with zero attached hydrogens (tertiary/aromatic N) is 1. The van der Waals surface area contributed by atoms with Crippen LogP contribution in [0.25, 0.3) is 0 Å². The van der Waals surface area contributed by atoms with Gasteiger partial charge in [-0.25, -0.2) is 4.79 Å². The smallest absolute Gasteiger partial charge is 0.318 e. The number of hydrogen-bond donors (Lipinski definition) is 2. The van der Waals surface area contributed by atoms with Crippen molar-refractivity contribution in [1.82, 2.24) is 10.2 Å². The molecule has 0 saturated heterocycles. The lowest BCUT2D eigenvalue weighted by Gasteiger charge is -2.26. The summed E-state index contributed by atoms with van der Waals surface area (Å²) in [4.78, 5) is 13.9. The summed E-state index contributed by atoms with van der Waals surface area (Å²) in [6, 6.07) is -0.0584. The molecule has 28 heavy (non-hydrogen) atoms. The van der Waals surface area contributed by atoms with Gasteiger partial charge in [0.05, 0.1) is 10.7 Å². The van der Waals surface area contributed by atoms with E-state index in [1.165, 1.54) is 96.3 Å². The molecule has 0 bridgehead atoms. The van der Waals surface area contributed by atoms with E-state index in [1.807, 2.05) is 11.8 Å². The van der Waals surface area contributed by atoms with Crippen molar-refractivity contribution in [2.24, 2.45) is 0 Å². The second-order valence-electron chi connectivity index (χ2n) is 7.91. The van der Waals surface area contributed by atoms with Gasteiger partial charge in [-0.3, -0.25) is 0 Å². The number of halogens is 1. The molecule has 2 amide bonds. The minimum atomic E-state index is -0.0584. The number of rotatable bonds is 20. The van der Waals surface area contributed by atoms with Crippen LogP contribution < -0.4 is 5.32 Å². The van der Waals surface area contributed by atoms with E-state index in [4.69, 9.17) is 5.11 Å². The number of amides is 2. The zero-order valence-corrected chi connectivity index (χ0v) is 20.9. The van der Waals surface area contributed by atoms with Crippen LogP contribution in [-0.2, 0) is 0 Å². The second kappa shape index (κ2) is 21.7. The molecule has 2 N–H and O–H groups in total. The number of alkyl halides is 1. The Bertz CT molecular complexity index is 343. The normalized spacial score (nSPS) is 12.1. The topological polar surface area (TPSA) is 52.6 Å². The number of aliphatic hydroxyl groups excluding tert-OH is 1. The van der Waals surface area contributed by atoms with Crippen LogP contribution in [0.15, 0.2) is 0 Å². The zero-order valence-electron chi connectivity index (χ0n) is 18.7. The van der Waals surface area contributed by atoms with Gasteiger partial charge in [-0.2, -0.15) is 0 Å². The molecule has 0 rings (SSSR count). The lowest BCUT2D eigenvalue weighted by atomic mass is 10.0. The molecule has 0 aliphatic rings. The lowest BCUT2D eigenvalue weighted by Crippen LogP contribution is -2.44. The minimum Gasteiger partial charge on any atom is -0.395 e. The maximum atomic E-state index is 12.0. The summed E-state index contributed by atoms with van der Waals surface area (Å²) in [7, 11) is 0. The Morgan fingerprint density at radius 1 is 0.821 bits per heavy atom. The van der Waals surface area contributed by atoms with Crippen LogP contribution >= 0.6 is 22.6 Å². The third-order valence-electron chi connectivity index (χ3n) is 5.37. The molecule has 0 aromatic heterocycles. The third-order valence-corrected chi connectivity index (χ3v) is 6.67. The molecular weight excluding hydrogens is 463 g/mol. The molecule has 0 aliphatic heterocycles. The van der Waals surface area contributed by atoms with E-state index >= 15 is 0 Å². The molecule has 0 heterocycles. The first-order valence-corrected chi connectivity index (χ1v) is 13.2. The maximum Gasteiger partial charge on any atom is 0.318 e. The molecule has 4 nitrogen and oxygen atoms in total. The second-order valence-corrected chi connectivity index (χ2v) is 9.35. The predicted molar refractivity (Wildman–Crippen MR) is 130 cm³/mol. The molecule has 0 radical (unpaired) electrons. The molecule has 1 unspecified atom stereocenters. The quantitative estimate of drug-likeness (QED) is 0.0800. The van der Waals surface area contributed by atoms with Crippen molar-refractivity contribution in [3.63, 3.8) is 0 Å². The van der Waals surface area contributed by atoms with E-state index in [2.05, 4.69) is 34.8 Å². The van der Waals surface area contributed by atoms with Gasteiger partial charge < -0.3 is 15.3 Å². The van der Waals surface area contributed by atoms with Gasteiger partial charge >= 0.3 is 6.03 Å². The van der Waals surface area contributed by atoms with E-state index in [0.717, 1.165) is 6.42 Å². The number of nitrogens with one attached hydrogen (secondary N) is 1. The first-order valence-electron chi connectivity index (χ1n) is 12.0. The van der Waals surface area contributed by atoms with E-state index in [-0.39, 0.29) is 16.7 Å². The number of urea groups is 1. The van der Waals surface area contributed by atoms with Crippen LogP contribution in [0.1, 0.15) is 117 Å². The Labute approximate surface area is 188 Å². The van der Waals surface area contributed by atoms with Gasteiger partial charge in [-0.15, -0.1) is 0 Å². The van der Waals surface area contributed by atoms with E-state index in [0.29, 0.717) is 13.1 Å². The first-order chi connectivity index (χ1) is 13.7. The predicted octanol–water partition coefficient (Wildman–Crippen LogP) is 7.03. The van der Waals surface area contributed by atoms with E-state index < -0.39 is 0 Å². The SMILES string of the molecule is CCCCCCCCCCCCCCCCCC(I)N(CC)C(=O)NCCO. The van der Waals surface area contributed by atoms with Crippen LogP contribution in [0.2, 0.25) is 0 Å². The summed E-state index contributed by atoms with van der Waals surface area (Å²) >= 11 is 2.37. The molecule has 0 saturated carbocycles. The fraction of sp³-hybridized carbons (Fsp3) is 0.957. The first kappa shape index (κ1) is 28.0. The molecule has 5 heteroatoms. The zero-order chi connectivity index (χ0) is 20.9. The van der Waals surface area contributed by atoms with Gasteiger partial charge in [-0.1, -0.05) is 126 Å². The summed E-state index contributed by atoms with van der Waals surface area (Å²) < 4.78 is 0.239. The van der Waals surface area contributed by atoms with Crippen molar-refractivity contribution in [1.29, 1.82) is 0 Å². The highest BCUT2D eigenvalue weighted by molar-refractivity contribution is 14.1. The van der Waals surface area contributed by atoms with Crippen molar-refractivity contribution < 1.29 is 9.90 Å². The highest BCUT2D eigenvalue weighted by Gasteiger charge is 2.18. The Balaban J connectivity index is 3.43. The molecule has 1 atom stereocenters. The fourth-order valence-corrected chi connectivity index (χ4v) is 4.66. The Morgan fingerprint density at radius 2 is 1.25 bits per heavy atom. The molecule has 0 aromatic carbocycles. The number of unbranched alkanes of at least 4 members (excludes halogenated alkanes) is 14. The summed E-state index contributed by atoms with van der Waals surface area (Å²) in [5, 5.41) is 11.6. The van der Waals surface area contributed by atoms with Crippen LogP contribution in [0.5, 0.6) is 0 Å². The summed E-state index contributed by atoms with van der Waals surface area (Å²) in [5.41, 5.74) is 0. The molecule has 0 aromatic rings. The summed E-state index contributed by atoms with van der Waals surface area (Å²) in [6.07, 6.45) is 21.8. The van der Waals surface area contributed by atoms with E-state index in [1.54, 1.807) is 0 Å². The van der Waals surface area contributed by atoms with Crippen LogP contribution in [0, 0.1) is 0 Å². The van der Waals surface area contributed by atoms with E-state index in [9.17, 15) is 4.79 Å². The highest BCUT2D eigenvalue weighted by atomic mass is 127. The van der Waals surface area contributed by atoms with Crippen molar-refractivity contribution in [3.8, 4) is 0 Å². The van der Waals surface area contributed by atoms with Crippen molar-refractivity contribution >= 4 is 28.6 Å². The molecular formula is C23H47IN2O2. The maximum absolute atomic E-state index is 12.0. The number of carbonyl (C=O) groups excluding carboxylic acids is 1. The average molecular weight is 511 g/mol. The monoisotopic (exact) mass is 510 g/mol. The van der Waals surface area contributed by atoms with Gasteiger partial charge in [0.15, 0.2) is 0 Å².